The standard InChI is InChI=1S/C15H26O5SSi/c1-15(2,3)22(6,7)20-10-11-8-12(18-4)14(21(16)17)13(9-11)19-5/h8-9H,10H2,1-7H3,(H,16,17). The molecule has 0 fully saturated rings. The Labute approximate surface area is 136 Å². The van der Waals surface area contributed by atoms with E-state index in [-0.39, 0.29) is 9.93 Å². The number of hydrogen-bond acceptors (Lipinski definition) is 4. The maximum atomic E-state index is 11.4. The molecule has 1 unspecified atom stereocenters. The van der Waals surface area contributed by atoms with E-state index in [1.54, 1.807) is 12.1 Å². The van der Waals surface area contributed by atoms with Crippen molar-refractivity contribution in [3.63, 3.8) is 0 Å². The lowest BCUT2D eigenvalue weighted by Gasteiger charge is -2.36. The van der Waals surface area contributed by atoms with Gasteiger partial charge in [-0.15, -0.1) is 0 Å². The molecule has 126 valence electrons. The van der Waals surface area contributed by atoms with Gasteiger partial charge >= 0.3 is 0 Å². The van der Waals surface area contributed by atoms with Crippen molar-refractivity contribution in [2.45, 2.75) is 50.4 Å². The van der Waals surface area contributed by atoms with Gasteiger partial charge in [0.15, 0.2) is 24.3 Å². The molecule has 1 aromatic carbocycles. The van der Waals surface area contributed by atoms with Gasteiger partial charge in [0.1, 0.15) is 11.5 Å². The van der Waals surface area contributed by atoms with E-state index < -0.39 is 19.4 Å². The minimum atomic E-state index is -2.18. The first-order valence-electron chi connectivity index (χ1n) is 7.03. The number of hydrogen-bond donors (Lipinski definition) is 1. The summed E-state index contributed by atoms with van der Waals surface area (Å²) in [5.41, 5.74) is 0.854. The SMILES string of the molecule is COc1cc(CO[Si](C)(C)C(C)(C)C)cc(OC)c1S(=O)O. The molecular formula is C15H26O5SSi. The first-order chi connectivity index (χ1) is 10.0. The topological polar surface area (TPSA) is 65.0 Å². The Morgan fingerprint density at radius 1 is 1.14 bits per heavy atom. The minimum absolute atomic E-state index is 0.119. The molecule has 0 heterocycles. The number of ether oxygens (including phenoxy) is 2. The van der Waals surface area contributed by atoms with Crippen molar-refractivity contribution in [3.8, 4) is 11.5 Å². The molecule has 0 radical (unpaired) electrons. The third-order valence-electron chi connectivity index (χ3n) is 4.10. The molecule has 0 aliphatic rings. The predicted molar refractivity (Wildman–Crippen MR) is 90.6 cm³/mol. The van der Waals surface area contributed by atoms with Gasteiger partial charge in [0.2, 0.25) is 0 Å². The van der Waals surface area contributed by atoms with Crippen LogP contribution >= 0.6 is 0 Å². The zero-order valence-corrected chi connectivity index (χ0v) is 16.2. The van der Waals surface area contributed by atoms with Crippen LogP contribution in [-0.4, -0.2) is 31.3 Å². The van der Waals surface area contributed by atoms with Gasteiger partial charge in [-0.05, 0) is 35.8 Å². The first kappa shape index (κ1) is 19.2. The van der Waals surface area contributed by atoms with E-state index in [1.807, 2.05) is 0 Å². The Morgan fingerprint density at radius 2 is 1.59 bits per heavy atom. The second-order valence-electron chi connectivity index (χ2n) is 6.63. The fraction of sp³-hybridized carbons (Fsp3) is 0.600. The molecule has 22 heavy (non-hydrogen) atoms. The summed E-state index contributed by atoms with van der Waals surface area (Å²) in [7, 11) is 1.05. The quantitative estimate of drug-likeness (QED) is 0.627. The molecule has 0 saturated carbocycles. The van der Waals surface area contributed by atoms with Crippen LogP contribution in [0.3, 0.4) is 0 Å². The second-order valence-corrected chi connectivity index (χ2v) is 12.3. The van der Waals surface area contributed by atoms with Crippen LogP contribution < -0.4 is 9.47 Å². The van der Waals surface area contributed by atoms with Crippen molar-refractivity contribution in [1.82, 2.24) is 0 Å². The predicted octanol–water partition coefficient (Wildman–Crippen LogP) is 3.81. The van der Waals surface area contributed by atoms with E-state index in [4.69, 9.17) is 13.9 Å². The van der Waals surface area contributed by atoms with Crippen LogP contribution in [0.2, 0.25) is 18.1 Å². The summed E-state index contributed by atoms with van der Waals surface area (Å²) >= 11 is -2.18. The van der Waals surface area contributed by atoms with E-state index >= 15 is 0 Å². The van der Waals surface area contributed by atoms with Crippen molar-refractivity contribution in [2.75, 3.05) is 14.2 Å². The van der Waals surface area contributed by atoms with Crippen molar-refractivity contribution < 1.29 is 22.7 Å². The molecule has 1 atom stereocenters. The molecule has 1 N–H and O–H groups in total. The molecule has 0 saturated heterocycles. The molecule has 0 aliphatic heterocycles. The van der Waals surface area contributed by atoms with Crippen LogP contribution in [-0.2, 0) is 22.1 Å². The van der Waals surface area contributed by atoms with Gasteiger partial charge in [-0.2, -0.15) is 0 Å². The summed E-state index contributed by atoms with van der Waals surface area (Å²) in [5.74, 6) is 0.656. The molecule has 0 spiro atoms. The highest BCUT2D eigenvalue weighted by molar-refractivity contribution is 7.79. The van der Waals surface area contributed by atoms with E-state index in [1.165, 1.54) is 14.2 Å². The largest absolute Gasteiger partial charge is 0.495 e. The first-order valence-corrected chi connectivity index (χ1v) is 11.0. The van der Waals surface area contributed by atoms with Crippen molar-refractivity contribution >= 4 is 19.4 Å². The lowest BCUT2D eigenvalue weighted by molar-refractivity contribution is 0.274. The highest BCUT2D eigenvalue weighted by atomic mass is 32.2. The van der Waals surface area contributed by atoms with E-state index in [0.29, 0.717) is 18.1 Å². The Balaban J connectivity index is 3.10. The van der Waals surface area contributed by atoms with Crippen molar-refractivity contribution in [3.05, 3.63) is 17.7 Å². The number of methoxy groups -OCH3 is 2. The van der Waals surface area contributed by atoms with Crippen LogP contribution in [0, 0.1) is 0 Å². The molecule has 0 aromatic heterocycles. The van der Waals surface area contributed by atoms with Gasteiger partial charge in [0.05, 0.1) is 20.8 Å². The number of rotatable bonds is 6. The molecule has 5 nitrogen and oxygen atoms in total. The van der Waals surface area contributed by atoms with E-state index in [9.17, 15) is 8.76 Å². The van der Waals surface area contributed by atoms with Gasteiger partial charge in [0, 0.05) is 0 Å². The fourth-order valence-electron chi connectivity index (χ4n) is 1.67. The third kappa shape index (κ3) is 4.31. The Bertz CT molecular complexity index is 526. The molecule has 1 aromatic rings. The summed E-state index contributed by atoms with van der Waals surface area (Å²) in [6.07, 6.45) is 0. The highest BCUT2D eigenvalue weighted by Crippen LogP contribution is 2.38. The molecule has 7 heteroatoms. The summed E-state index contributed by atoms with van der Waals surface area (Å²) in [6, 6.07) is 3.44. The third-order valence-corrected chi connectivity index (χ3v) is 9.33. The van der Waals surface area contributed by atoms with E-state index in [0.717, 1.165) is 5.56 Å². The fourth-order valence-corrected chi connectivity index (χ4v) is 3.26. The van der Waals surface area contributed by atoms with Crippen LogP contribution in [0.5, 0.6) is 11.5 Å². The molecule has 0 bridgehead atoms. The Kier molecular flexibility index (Phi) is 6.20. The normalized spacial score (nSPS) is 13.8. The summed E-state index contributed by atoms with van der Waals surface area (Å²) in [5, 5.41) is 0.119. The molecule has 0 aliphatic carbocycles. The van der Waals surface area contributed by atoms with Gasteiger partial charge < -0.3 is 18.5 Å². The molecular weight excluding hydrogens is 320 g/mol. The van der Waals surface area contributed by atoms with Gasteiger partial charge in [0.25, 0.3) is 0 Å². The Hall–Kier alpha value is -0.893. The maximum Gasteiger partial charge on any atom is 0.194 e. The average molecular weight is 347 g/mol. The second kappa shape index (κ2) is 7.12. The lowest BCUT2D eigenvalue weighted by atomic mass is 10.2. The van der Waals surface area contributed by atoms with E-state index in [2.05, 4.69) is 33.9 Å². The highest BCUT2D eigenvalue weighted by Gasteiger charge is 2.37. The Morgan fingerprint density at radius 3 is 1.91 bits per heavy atom. The van der Waals surface area contributed by atoms with Crippen molar-refractivity contribution in [2.24, 2.45) is 0 Å². The number of benzene rings is 1. The van der Waals surface area contributed by atoms with Crippen LogP contribution in [0.1, 0.15) is 26.3 Å². The van der Waals surface area contributed by atoms with Crippen molar-refractivity contribution in [1.29, 1.82) is 0 Å². The summed E-state index contributed by atoms with van der Waals surface area (Å²) in [4.78, 5) is 0.140. The van der Waals surface area contributed by atoms with Gasteiger partial charge in [-0.3, -0.25) is 0 Å². The van der Waals surface area contributed by atoms with Gasteiger partial charge in [-0.1, -0.05) is 20.8 Å². The molecule has 0 amide bonds. The molecule has 1 rings (SSSR count). The zero-order valence-electron chi connectivity index (χ0n) is 14.4. The summed E-state index contributed by atoms with van der Waals surface area (Å²) in [6.45, 7) is 11.3. The van der Waals surface area contributed by atoms with Crippen LogP contribution in [0.25, 0.3) is 0 Å². The maximum absolute atomic E-state index is 11.4. The monoisotopic (exact) mass is 346 g/mol. The zero-order chi connectivity index (χ0) is 17.1. The lowest BCUT2D eigenvalue weighted by Crippen LogP contribution is -2.40. The van der Waals surface area contributed by atoms with Crippen LogP contribution in [0.4, 0.5) is 0 Å². The average Bonchev–Trinajstić information content (AvgIpc) is 2.42. The smallest absolute Gasteiger partial charge is 0.194 e. The van der Waals surface area contributed by atoms with Gasteiger partial charge in [-0.25, -0.2) is 4.21 Å². The summed E-state index contributed by atoms with van der Waals surface area (Å²) < 4.78 is 37.4. The minimum Gasteiger partial charge on any atom is -0.495 e. The van der Waals surface area contributed by atoms with Crippen LogP contribution in [0.15, 0.2) is 17.0 Å².